The van der Waals surface area contributed by atoms with E-state index in [4.69, 9.17) is 34.9 Å². The Hall–Kier alpha value is -5.91. The highest BCUT2D eigenvalue weighted by atomic mass is 19.1. The van der Waals surface area contributed by atoms with Gasteiger partial charge in [-0.15, -0.1) is 0 Å². The summed E-state index contributed by atoms with van der Waals surface area (Å²) in [6.07, 6.45) is 2.65. The van der Waals surface area contributed by atoms with Crippen molar-refractivity contribution in [3.63, 3.8) is 0 Å². The summed E-state index contributed by atoms with van der Waals surface area (Å²) >= 11 is 0. The average molecular weight is 958 g/mol. The molecule has 69 heavy (non-hydrogen) atoms. The number of aryl methyl sites for hydroxylation is 2. The quantitative estimate of drug-likeness (QED) is 0.0901. The Morgan fingerprint density at radius 3 is 1.38 bits per heavy atom. The number of hydrogen-bond acceptors (Lipinski definition) is 11. The van der Waals surface area contributed by atoms with Gasteiger partial charge in [0.15, 0.2) is 11.6 Å². The molecule has 0 bridgehead atoms. The molecule has 4 aromatic rings. The van der Waals surface area contributed by atoms with Crippen molar-refractivity contribution < 1.29 is 58.5 Å². The molecule has 0 spiro atoms. The van der Waals surface area contributed by atoms with E-state index >= 15 is 0 Å². The highest BCUT2D eigenvalue weighted by molar-refractivity contribution is 5.94. The van der Waals surface area contributed by atoms with E-state index < -0.39 is 18.9 Å². The van der Waals surface area contributed by atoms with Gasteiger partial charge in [0, 0.05) is 50.4 Å². The van der Waals surface area contributed by atoms with Gasteiger partial charge in [0.1, 0.15) is 35.9 Å². The van der Waals surface area contributed by atoms with E-state index in [0.717, 1.165) is 37.1 Å². The van der Waals surface area contributed by atoms with E-state index in [1.807, 2.05) is 113 Å². The van der Waals surface area contributed by atoms with E-state index in [0.29, 0.717) is 61.8 Å². The van der Waals surface area contributed by atoms with E-state index in [1.165, 1.54) is 11.1 Å². The van der Waals surface area contributed by atoms with Gasteiger partial charge in [-0.3, -0.25) is 23.6 Å². The Labute approximate surface area is 406 Å². The lowest BCUT2D eigenvalue weighted by Crippen LogP contribution is -2.34. The van der Waals surface area contributed by atoms with Gasteiger partial charge >= 0.3 is 5.97 Å². The van der Waals surface area contributed by atoms with E-state index in [-0.39, 0.29) is 61.0 Å². The number of hydrogen-bond donors (Lipinski definition) is 4. The molecule has 15 nitrogen and oxygen atoms in total. The molecule has 4 atom stereocenters. The monoisotopic (exact) mass is 958 g/mol. The Kier molecular flexibility index (Phi) is 19.9. The van der Waals surface area contributed by atoms with Gasteiger partial charge in [0.05, 0.1) is 34.6 Å². The van der Waals surface area contributed by atoms with E-state index in [1.54, 1.807) is 17.0 Å². The molecule has 4 saturated heterocycles. The number of ether oxygens (including phenoxy) is 6. The minimum absolute atomic E-state index is 0.0331. The molecule has 0 aliphatic carbocycles. The van der Waals surface area contributed by atoms with Crippen molar-refractivity contribution >= 4 is 23.7 Å². The molecule has 4 fully saturated rings. The van der Waals surface area contributed by atoms with Crippen LogP contribution in [0.1, 0.15) is 98.7 Å². The molecule has 4 aliphatic rings. The van der Waals surface area contributed by atoms with Gasteiger partial charge in [-0.1, -0.05) is 62.4 Å². The number of rotatable bonds is 16. The van der Waals surface area contributed by atoms with Gasteiger partial charge in [0.25, 0.3) is 11.8 Å². The molecule has 374 valence electrons. The minimum atomic E-state index is -1.00. The number of carboxylic acids is 1. The zero-order valence-electron chi connectivity index (χ0n) is 41.6. The average Bonchev–Trinajstić information content (AvgIpc) is 4.09. The molecule has 4 aliphatic heterocycles. The van der Waals surface area contributed by atoms with Crippen molar-refractivity contribution in [2.45, 2.75) is 116 Å². The van der Waals surface area contributed by atoms with Crippen LogP contribution >= 0.6 is 0 Å². The number of benzene rings is 4. The number of nitrogens with one attached hydrogen (secondary N) is 3. The first kappa shape index (κ1) is 52.5. The van der Waals surface area contributed by atoms with Crippen LogP contribution in [0.2, 0.25) is 0 Å². The summed E-state index contributed by atoms with van der Waals surface area (Å²) in [7, 11) is -1.00. The molecule has 4 aromatic carbocycles. The fourth-order valence-electron chi connectivity index (χ4n) is 7.98. The highest BCUT2D eigenvalue weighted by Crippen LogP contribution is 2.33. The highest BCUT2D eigenvalue weighted by Gasteiger charge is 2.48. The molecule has 16 heteroatoms. The van der Waals surface area contributed by atoms with Crippen LogP contribution in [-0.4, -0.2) is 116 Å². The first-order chi connectivity index (χ1) is 33.5. The van der Waals surface area contributed by atoms with Crippen LogP contribution in [0.3, 0.4) is 0 Å². The lowest BCUT2D eigenvalue weighted by Gasteiger charge is -2.23. The molecule has 0 radical (unpaired) electrons. The molecule has 4 heterocycles. The van der Waals surface area contributed by atoms with Crippen LogP contribution in [0, 0.1) is 0 Å². The van der Waals surface area contributed by atoms with Crippen LogP contribution in [0.15, 0.2) is 97.1 Å². The van der Waals surface area contributed by atoms with Crippen molar-refractivity contribution in [1.29, 1.82) is 0 Å². The second kappa shape index (κ2) is 26.2. The molecule has 3 amide bonds. The number of carbonyl (C=O) groups is 4. The van der Waals surface area contributed by atoms with E-state index in [2.05, 4.69) is 29.8 Å². The third-order valence-corrected chi connectivity index (χ3v) is 11.6. The zero-order valence-corrected chi connectivity index (χ0v) is 40.6. The molecule has 8 rings (SSSR count). The fraction of sp³-hybridized carbons (Fsp3) is 0.472. The van der Waals surface area contributed by atoms with Crippen LogP contribution in [0.5, 0.6) is 11.5 Å². The number of fused-ring (bicyclic) bond motifs is 2. The Morgan fingerprint density at radius 2 is 1.00 bits per heavy atom. The van der Waals surface area contributed by atoms with Crippen molar-refractivity contribution in [1.82, 2.24) is 20.9 Å². The SMILES string of the molecule is CC1(C)O[C@@H]2CNC[C@H]2O1.CCc1ccc(C(=O)NCc2ccc(OCCC(=O)N3C[C@H]4OC(C)(C)O[C@@H]4C3)cc2)cc1.CCc1ccc(C(=O)NCc2ccc(OCCC(=O)O)cc2)cc1.[2H]CF. The Bertz CT molecular complexity index is 2230. The van der Waals surface area contributed by atoms with Gasteiger partial charge in [-0.25, -0.2) is 0 Å². The van der Waals surface area contributed by atoms with Crippen molar-refractivity contribution in [2.24, 2.45) is 0 Å². The van der Waals surface area contributed by atoms with Crippen molar-refractivity contribution in [3.8, 4) is 11.5 Å². The maximum absolute atomic E-state index is 12.5. The van der Waals surface area contributed by atoms with Crippen LogP contribution in [0.25, 0.3) is 0 Å². The third-order valence-electron chi connectivity index (χ3n) is 11.6. The summed E-state index contributed by atoms with van der Waals surface area (Å²) in [4.78, 5) is 49.1. The lowest BCUT2D eigenvalue weighted by molar-refractivity contribution is -0.160. The number of aliphatic carboxylic acids is 1. The summed E-state index contributed by atoms with van der Waals surface area (Å²) in [5.74, 6) is -0.662. The van der Waals surface area contributed by atoms with Crippen molar-refractivity contribution in [3.05, 3.63) is 130 Å². The first-order valence-corrected chi connectivity index (χ1v) is 23.4. The number of alkyl halides is 1. The Balaban J connectivity index is 0.000000213. The van der Waals surface area contributed by atoms with Gasteiger partial charge < -0.3 is 54.4 Å². The zero-order chi connectivity index (χ0) is 50.7. The lowest BCUT2D eigenvalue weighted by atomic mass is 10.1. The van der Waals surface area contributed by atoms with E-state index in [9.17, 15) is 23.6 Å². The molecule has 0 aromatic heterocycles. The Morgan fingerprint density at radius 1 is 0.638 bits per heavy atom. The summed E-state index contributed by atoms with van der Waals surface area (Å²) in [6.45, 7) is 16.2. The number of amides is 3. The molecular weight excluding hydrogens is 888 g/mol. The maximum atomic E-state index is 12.5. The van der Waals surface area contributed by atoms with Gasteiger partial charge in [0.2, 0.25) is 5.91 Å². The molecule has 0 saturated carbocycles. The summed E-state index contributed by atoms with van der Waals surface area (Å²) in [5, 5.41) is 17.6. The summed E-state index contributed by atoms with van der Waals surface area (Å²) < 4.78 is 49.4. The summed E-state index contributed by atoms with van der Waals surface area (Å²) in [5.41, 5.74) is 5.62. The normalized spacial score (nSPS) is 20.2. The smallest absolute Gasteiger partial charge is 0.306 e. The maximum Gasteiger partial charge on any atom is 0.306 e. The number of likely N-dealkylation sites (tertiary alicyclic amines) is 1. The predicted molar refractivity (Wildman–Crippen MR) is 259 cm³/mol. The van der Waals surface area contributed by atoms with Crippen LogP contribution in [0.4, 0.5) is 4.39 Å². The third kappa shape index (κ3) is 17.2. The number of carbonyl (C=O) groups excluding carboxylic acids is 3. The largest absolute Gasteiger partial charge is 0.493 e. The molecule has 4 N–H and O–H groups in total. The number of carboxylic acid groups (broad SMARTS) is 1. The number of nitrogens with zero attached hydrogens (tertiary/aromatic N) is 1. The van der Waals surface area contributed by atoms with Gasteiger partial charge in [-0.2, -0.15) is 0 Å². The predicted octanol–water partition coefficient (Wildman–Crippen LogP) is 7.04. The number of halogens is 1. The first-order valence-electron chi connectivity index (χ1n) is 24.2. The fourth-order valence-corrected chi connectivity index (χ4v) is 7.98. The minimum Gasteiger partial charge on any atom is -0.493 e. The van der Waals surface area contributed by atoms with Crippen LogP contribution < -0.4 is 25.4 Å². The topological polar surface area (TPSA) is 183 Å². The molecular formula is C53H69FN4O11. The molecule has 0 unspecified atom stereocenters. The van der Waals surface area contributed by atoms with Crippen LogP contribution in [-0.2, 0) is 54.5 Å². The second-order valence-electron chi connectivity index (χ2n) is 17.7. The summed E-state index contributed by atoms with van der Waals surface area (Å²) in [6, 6.07) is 30.0. The standard InChI is InChI=1S/C26H32N2O5.C19H21NO4.C7H13NO2.CH3F/c1-4-18-5-9-20(10-6-18)25(30)27-15-19-7-11-21(12-8-19)31-14-13-24(29)28-16-22-23(17-28)33-26(2,3)32-22;1-2-14-3-7-16(8-4-14)19(23)20-13-15-5-9-17(10-6-15)24-12-11-18(21)22;1-7(2)9-5-3-8-4-6(5)10-7;1-2/h5-12,22-23H,4,13-17H2,1-3H3,(H,27,30);3-10H,2,11-13H2,1H3,(H,20,23)(H,21,22);5-6,8H,3-4H2,1-2H3;1H3/t22-,23-;;5-,6-;/m1.1./s1/i;;;1D. The van der Waals surface area contributed by atoms with Gasteiger partial charge in [-0.05, 0) is 111 Å². The van der Waals surface area contributed by atoms with Crippen molar-refractivity contribution in [2.75, 3.05) is 46.5 Å². The second-order valence-corrected chi connectivity index (χ2v) is 17.7.